The average molecular weight is 275 g/mol. The van der Waals surface area contributed by atoms with Gasteiger partial charge >= 0.3 is 0 Å². The third-order valence-electron chi connectivity index (χ3n) is 3.48. The molecule has 2 N–H and O–H groups in total. The fourth-order valence-corrected chi connectivity index (χ4v) is 3.21. The predicted molar refractivity (Wildman–Crippen MR) is 63.8 cm³/mol. The van der Waals surface area contributed by atoms with Crippen LogP contribution in [0.2, 0.25) is 0 Å². The van der Waals surface area contributed by atoms with Crippen molar-refractivity contribution >= 4 is 9.84 Å². The summed E-state index contributed by atoms with van der Waals surface area (Å²) in [5.74, 6) is -2.46. The summed E-state index contributed by atoms with van der Waals surface area (Å²) in [4.78, 5) is -0.620. The summed E-state index contributed by atoms with van der Waals surface area (Å²) in [5, 5.41) is 0. The molecule has 3 nitrogen and oxygen atoms in total. The molecule has 0 bridgehead atoms. The van der Waals surface area contributed by atoms with E-state index >= 15 is 0 Å². The molecule has 1 aliphatic rings. The van der Waals surface area contributed by atoms with Crippen LogP contribution in [-0.4, -0.2) is 14.7 Å². The van der Waals surface area contributed by atoms with Crippen molar-refractivity contribution in [2.24, 2.45) is 5.73 Å². The summed E-state index contributed by atoms with van der Waals surface area (Å²) in [6, 6.07) is 2.39. The van der Waals surface area contributed by atoms with Gasteiger partial charge in [0.1, 0.15) is 4.90 Å². The largest absolute Gasteiger partial charge is 0.321 e. The van der Waals surface area contributed by atoms with Gasteiger partial charge in [-0.05, 0) is 18.9 Å². The van der Waals surface area contributed by atoms with E-state index < -0.39 is 31.9 Å². The van der Waals surface area contributed by atoms with Crippen molar-refractivity contribution in [3.05, 3.63) is 29.3 Å². The van der Waals surface area contributed by atoms with Crippen LogP contribution in [0.15, 0.2) is 17.0 Å². The van der Waals surface area contributed by atoms with Crippen LogP contribution in [0.4, 0.5) is 8.78 Å². The molecule has 0 spiro atoms. The van der Waals surface area contributed by atoms with Crippen molar-refractivity contribution in [3.63, 3.8) is 0 Å². The Morgan fingerprint density at radius 3 is 2.22 bits per heavy atom. The van der Waals surface area contributed by atoms with Gasteiger partial charge in [-0.15, -0.1) is 0 Å². The highest BCUT2D eigenvalue weighted by Crippen LogP contribution is 2.38. The van der Waals surface area contributed by atoms with Crippen LogP contribution in [0, 0.1) is 11.6 Å². The lowest BCUT2D eigenvalue weighted by Crippen LogP contribution is -2.34. The lowest BCUT2D eigenvalue weighted by Gasteiger charge is -2.25. The second kappa shape index (κ2) is 4.28. The van der Waals surface area contributed by atoms with Crippen LogP contribution in [0.5, 0.6) is 0 Å². The SMILES string of the molecule is CS(=O)(=O)c1ccc(C2(N)CCCC2)c(F)c1F. The Hall–Kier alpha value is -1.01. The number of benzene rings is 1. The standard InChI is InChI=1S/C12H15F2NO2S/c1-18(16,17)9-5-4-8(10(13)11(9)14)12(15)6-2-3-7-12/h4-5H,2-3,6-7,15H2,1H3. The van der Waals surface area contributed by atoms with Gasteiger partial charge in [0.15, 0.2) is 21.5 Å². The summed E-state index contributed by atoms with van der Waals surface area (Å²) in [6.45, 7) is 0. The zero-order valence-electron chi connectivity index (χ0n) is 10.0. The lowest BCUT2D eigenvalue weighted by molar-refractivity contribution is 0.405. The number of hydrogen-bond acceptors (Lipinski definition) is 3. The van der Waals surface area contributed by atoms with Crippen molar-refractivity contribution in [1.82, 2.24) is 0 Å². The third kappa shape index (κ3) is 2.14. The zero-order valence-corrected chi connectivity index (χ0v) is 10.9. The molecule has 18 heavy (non-hydrogen) atoms. The molecule has 1 aromatic carbocycles. The fourth-order valence-electron chi connectivity index (χ4n) is 2.48. The monoisotopic (exact) mass is 275 g/mol. The van der Waals surface area contributed by atoms with E-state index in [1.807, 2.05) is 0 Å². The number of hydrogen-bond donors (Lipinski definition) is 1. The smallest absolute Gasteiger partial charge is 0.178 e. The number of halogens is 2. The van der Waals surface area contributed by atoms with Crippen LogP contribution >= 0.6 is 0 Å². The van der Waals surface area contributed by atoms with E-state index in [1.54, 1.807) is 0 Å². The minimum Gasteiger partial charge on any atom is -0.321 e. The van der Waals surface area contributed by atoms with Crippen LogP contribution in [0.3, 0.4) is 0 Å². The quantitative estimate of drug-likeness (QED) is 0.899. The second-order valence-electron chi connectivity index (χ2n) is 4.87. The Bertz CT molecular complexity index is 578. The zero-order chi connectivity index (χ0) is 13.6. The van der Waals surface area contributed by atoms with Gasteiger partial charge in [-0.3, -0.25) is 0 Å². The Labute approximate surface area is 105 Å². The predicted octanol–water partition coefficient (Wildman–Crippen LogP) is 2.10. The Morgan fingerprint density at radius 2 is 1.72 bits per heavy atom. The van der Waals surface area contributed by atoms with Gasteiger partial charge < -0.3 is 5.73 Å². The molecule has 1 fully saturated rings. The van der Waals surface area contributed by atoms with E-state index in [4.69, 9.17) is 5.73 Å². The third-order valence-corrected chi connectivity index (χ3v) is 4.59. The molecule has 1 saturated carbocycles. The molecule has 0 aromatic heterocycles. The van der Waals surface area contributed by atoms with Crippen LogP contribution in [0.25, 0.3) is 0 Å². The van der Waals surface area contributed by atoms with Crippen LogP contribution in [-0.2, 0) is 15.4 Å². The van der Waals surface area contributed by atoms with Crippen molar-refractivity contribution < 1.29 is 17.2 Å². The highest BCUT2D eigenvalue weighted by Gasteiger charge is 2.35. The van der Waals surface area contributed by atoms with E-state index in [-0.39, 0.29) is 5.56 Å². The van der Waals surface area contributed by atoms with Crippen molar-refractivity contribution in [2.45, 2.75) is 36.1 Å². The minimum atomic E-state index is -3.77. The summed E-state index contributed by atoms with van der Waals surface area (Å²) in [5.41, 5.74) is 5.25. The molecular weight excluding hydrogens is 260 g/mol. The molecule has 0 aliphatic heterocycles. The van der Waals surface area contributed by atoms with Crippen LogP contribution < -0.4 is 5.73 Å². The van der Waals surface area contributed by atoms with E-state index in [1.165, 1.54) is 6.07 Å². The molecule has 0 atom stereocenters. The molecule has 0 unspecified atom stereocenters. The molecular formula is C12H15F2NO2S. The van der Waals surface area contributed by atoms with Gasteiger partial charge in [0.25, 0.3) is 0 Å². The maximum absolute atomic E-state index is 14.0. The number of rotatable bonds is 2. The summed E-state index contributed by atoms with van der Waals surface area (Å²) >= 11 is 0. The maximum Gasteiger partial charge on any atom is 0.178 e. The Balaban J connectivity index is 2.57. The van der Waals surface area contributed by atoms with E-state index in [0.717, 1.165) is 25.2 Å². The van der Waals surface area contributed by atoms with E-state index in [9.17, 15) is 17.2 Å². The summed E-state index contributed by atoms with van der Waals surface area (Å²) in [6.07, 6.45) is 3.75. The van der Waals surface area contributed by atoms with Gasteiger partial charge in [0, 0.05) is 17.4 Å². The number of nitrogens with two attached hydrogens (primary N) is 1. The summed E-state index contributed by atoms with van der Waals surface area (Å²) < 4.78 is 50.3. The molecule has 1 aromatic rings. The molecule has 0 amide bonds. The molecule has 0 saturated heterocycles. The Kier molecular flexibility index (Phi) is 3.19. The minimum absolute atomic E-state index is 0.0740. The summed E-state index contributed by atoms with van der Waals surface area (Å²) in [7, 11) is -3.77. The maximum atomic E-state index is 14.0. The van der Waals surface area contributed by atoms with E-state index in [0.29, 0.717) is 12.8 Å². The average Bonchev–Trinajstić information content (AvgIpc) is 2.68. The van der Waals surface area contributed by atoms with E-state index in [2.05, 4.69) is 0 Å². The van der Waals surface area contributed by atoms with Gasteiger partial charge in [0.2, 0.25) is 0 Å². The lowest BCUT2D eigenvalue weighted by atomic mass is 9.89. The molecule has 1 aliphatic carbocycles. The topological polar surface area (TPSA) is 60.2 Å². The first kappa shape index (κ1) is 13.4. The first-order valence-corrected chi connectivity index (χ1v) is 7.62. The highest BCUT2D eigenvalue weighted by molar-refractivity contribution is 7.90. The Morgan fingerprint density at radius 1 is 1.17 bits per heavy atom. The first-order valence-electron chi connectivity index (χ1n) is 5.73. The number of sulfone groups is 1. The van der Waals surface area contributed by atoms with Crippen LogP contribution in [0.1, 0.15) is 31.2 Å². The molecule has 0 radical (unpaired) electrons. The first-order chi connectivity index (χ1) is 8.26. The molecule has 100 valence electrons. The normalized spacial score (nSPS) is 19.1. The molecule has 0 heterocycles. The molecule has 2 rings (SSSR count). The van der Waals surface area contributed by atoms with Crippen molar-refractivity contribution in [1.29, 1.82) is 0 Å². The fraction of sp³-hybridized carbons (Fsp3) is 0.500. The van der Waals surface area contributed by atoms with Gasteiger partial charge in [-0.2, -0.15) is 0 Å². The van der Waals surface area contributed by atoms with Gasteiger partial charge in [-0.25, -0.2) is 17.2 Å². The van der Waals surface area contributed by atoms with Crippen molar-refractivity contribution in [2.75, 3.05) is 6.26 Å². The second-order valence-corrected chi connectivity index (χ2v) is 6.86. The van der Waals surface area contributed by atoms with Gasteiger partial charge in [0.05, 0.1) is 0 Å². The highest BCUT2D eigenvalue weighted by atomic mass is 32.2. The molecule has 6 heteroatoms. The van der Waals surface area contributed by atoms with Crippen molar-refractivity contribution in [3.8, 4) is 0 Å². The van der Waals surface area contributed by atoms with Gasteiger partial charge in [-0.1, -0.05) is 18.9 Å².